The monoisotopic (exact) mass is 510 g/mol. The van der Waals surface area contributed by atoms with Crippen LogP contribution in [0.2, 0.25) is 5.02 Å². The zero-order valence-electron chi connectivity index (χ0n) is 19.4. The van der Waals surface area contributed by atoms with E-state index in [0.29, 0.717) is 59.2 Å². The van der Waals surface area contributed by atoms with Crippen LogP contribution >= 0.6 is 11.6 Å². The Bertz CT molecular complexity index is 1210. The molecule has 11 heteroatoms. The number of imidazole rings is 1. The van der Waals surface area contributed by atoms with Crippen molar-refractivity contribution in [2.24, 2.45) is 5.92 Å². The highest BCUT2D eigenvalue weighted by Gasteiger charge is 2.38. The normalized spacial score (nSPS) is 15.4. The maximum atomic E-state index is 13.6. The highest BCUT2D eigenvalue weighted by Crippen LogP contribution is 2.36. The predicted molar refractivity (Wildman–Crippen MR) is 127 cm³/mol. The van der Waals surface area contributed by atoms with Crippen LogP contribution in [0.1, 0.15) is 18.7 Å². The zero-order chi connectivity index (χ0) is 25.2. The molecule has 0 unspecified atom stereocenters. The van der Waals surface area contributed by atoms with Gasteiger partial charge < -0.3 is 19.4 Å². The van der Waals surface area contributed by atoms with E-state index in [4.69, 9.17) is 21.1 Å². The Labute approximate surface area is 205 Å². The molecule has 0 aliphatic carbocycles. The maximum Gasteiger partial charge on any atom is 0.449 e. The summed E-state index contributed by atoms with van der Waals surface area (Å²) in [7, 11) is 2.97. The van der Waals surface area contributed by atoms with Crippen molar-refractivity contribution in [1.82, 2.24) is 14.5 Å². The second kappa shape index (κ2) is 10.3. The van der Waals surface area contributed by atoms with E-state index in [1.807, 2.05) is 4.90 Å². The van der Waals surface area contributed by atoms with Gasteiger partial charge in [0, 0.05) is 12.6 Å². The molecular formula is C24H26ClF3N4O3. The van der Waals surface area contributed by atoms with Crippen molar-refractivity contribution in [3.8, 4) is 11.5 Å². The fourth-order valence-corrected chi connectivity index (χ4v) is 4.65. The third kappa shape index (κ3) is 5.65. The van der Waals surface area contributed by atoms with Crippen LogP contribution in [-0.4, -0.2) is 54.2 Å². The van der Waals surface area contributed by atoms with Crippen molar-refractivity contribution in [2.75, 3.05) is 39.2 Å². The number of benzene rings is 2. The van der Waals surface area contributed by atoms with Gasteiger partial charge in [-0.15, -0.1) is 0 Å². The molecule has 35 heavy (non-hydrogen) atoms. The van der Waals surface area contributed by atoms with Gasteiger partial charge in [0.2, 0.25) is 11.7 Å². The smallest absolute Gasteiger partial charge is 0.449 e. The topological polar surface area (TPSA) is 68.6 Å². The van der Waals surface area contributed by atoms with Crippen LogP contribution in [0.5, 0.6) is 11.5 Å². The number of fused-ring (bicyclic) bond motifs is 1. The second-order valence-electron chi connectivity index (χ2n) is 8.49. The standard InChI is InChI=1S/C24H26ClF3N4O3/c1-34-20-12-21(35-2)18(11-16(20)25)29-22(33)14-31-9-7-15(8-10-31)13-32-19-6-4-3-5-17(19)30-23(32)24(26,27)28/h3-6,11-12,15H,7-10,13-14H2,1-2H3,(H,29,33). The van der Waals surface area contributed by atoms with E-state index in [-0.39, 0.29) is 24.9 Å². The number of rotatable bonds is 7. The van der Waals surface area contributed by atoms with Crippen molar-refractivity contribution in [3.63, 3.8) is 0 Å². The zero-order valence-corrected chi connectivity index (χ0v) is 20.1. The van der Waals surface area contributed by atoms with E-state index >= 15 is 0 Å². The van der Waals surface area contributed by atoms with E-state index in [2.05, 4.69) is 10.3 Å². The predicted octanol–water partition coefficient (Wildman–Crippen LogP) is 5.08. The summed E-state index contributed by atoms with van der Waals surface area (Å²) in [5.74, 6) is -0.196. The van der Waals surface area contributed by atoms with Gasteiger partial charge in [0.1, 0.15) is 11.5 Å². The van der Waals surface area contributed by atoms with Gasteiger partial charge in [-0.2, -0.15) is 13.2 Å². The summed E-state index contributed by atoms with van der Waals surface area (Å²) in [4.78, 5) is 18.4. The number of para-hydroxylation sites is 2. The number of carbonyl (C=O) groups excluding carboxylic acids is 1. The van der Waals surface area contributed by atoms with Gasteiger partial charge >= 0.3 is 6.18 Å². The minimum absolute atomic E-state index is 0.0495. The lowest BCUT2D eigenvalue weighted by atomic mass is 9.96. The number of ether oxygens (including phenoxy) is 2. The first kappa shape index (κ1) is 25.1. The Morgan fingerprint density at radius 2 is 1.83 bits per heavy atom. The van der Waals surface area contributed by atoms with Crippen LogP contribution in [0, 0.1) is 5.92 Å². The summed E-state index contributed by atoms with van der Waals surface area (Å²) in [5.41, 5.74) is 1.25. The summed E-state index contributed by atoms with van der Waals surface area (Å²) >= 11 is 6.16. The summed E-state index contributed by atoms with van der Waals surface area (Å²) < 4.78 is 52.5. The van der Waals surface area contributed by atoms with Crippen LogP contribution in [-0.2, 0) is 17.5 Å². The summed E-state index contributed by atoms with van der Waals surface area (Å²) in [6.07, 6.45) is -3.17. The first-order valence-corrected chi connectivity index (χ1v) is 11.5. The number of alkyl halides is 3. The minimum atomic E-state index is -4.52. The molecule has 7 nitrogen and oxygen atoms in total. The first-order chi connectivity index (χ1) is 16.7. The van der Waals surface area contributed by atoms with Gasteiger partial charge in [-0.1, -0.05) is 23.7 Å². The lowest BCUT2D eigenvalue weighted by molar-refractivity contribution is -0.147. The van der Waals surface area contributed by atoms with Crippen LogP contribution in [0.25, 0.3) is 11.0 Å². The lowest BCUT2D eigenvalue weighted by Gasteiger charge is -2.32. The number of carbonyl (C=O) groups is 1. The Balaban J connectivity index is 1.36. The average Bonchev–Trinajstić information content (AvgIpc) is 3.19. The van der Waals surface area contributed by atoms with E-state index in [1.54, 1.807) is 36.4 Å². The van der Waals surface area contributed by atoms with E-state index in [0.717, 1.165) is 0 Å². The van der Waals surface area contributed by atoms with Gasteiger partial charge in [-0.05, 0) is 50.0 Å². The molecule has 1 amide bonds. The molecule has 1 fully saturated rings. The molecule has 1 saturated heterocycles. The van der Waals surface area contributed by atoms with Crippen molar-refractivity contribution < 1.29 is 27.4 Å². The molecule has 2 aromatic carbocycles. The highest BCUT2D eigenvalue weighted by molar-refractivity contribution is 6.32. The van der Waals surface area contributed by atoms with Crippen LogP contribution < -0.4 is 14.8 Å². The van der Waals surface area contributed by atoms with E-state index < -0.39 is 12.0 Å². The van der Waals surface area contributed by atoms with Crippen LogP contribution in [0.3, 0.4) is 0 Å². The number of nitrogens with one attached hydrogen (secondary N) is 1. The number of nitrogens with zero attached hydrogens (tertiary/aromatic N) is 3. The average molecular weight is 511 g/mol. The minimum Gasteiger partial charge on any atom is -0.495 e. The van der Waals surface area contributed by atoms with Gasteiger partial charge in [-0.3, -0.25) is 9.69 Å². The summed E-state index contributed by atoms with van der Waals surface area (Å²) in [5, 5.41) is 3.15. The molecule has 188 valence electrons. The molecule has 0 saturated carbocycles. The molecule has 1 aliphatic rings. The molecule has 0 radical (unpaired) electrons. The Kier molecular flexibility index (Phi) is 7.42. The van der Waals surface area contributed by atoms with Gasteiger partial charge in [0.05, 0.1) is 42.5 Å². The quantitative estimate of drug-likeness (QED) is 0.480. The molecule has 2 heterocycles. The molecule has 0 atom stereocenters. The van der Waals surface area contributed by atoms with Crippen molar-refractivity contribution in [3.05, 3.63) is 47.2 Å². The molecule has 0 spiro atoms. The van der Waals surface area contributed by atoms with Gasteiger partial charge in [0.25, 0.3) is 0 Å². The van der Waals surface area contributed by atoms with Crippen molar-refractivity contribution in [1.29, 1.82) is 0 Å². The van der Waals surface area contributed by atoms with E-state index in [1.165, 1.54) is 18.8 Å². The number of halogens is 4. The number of amides is 1. The Morgan fingerprint density at radius 3 is 2.49 bits per heavy atom. The van der Waals surface area contributed by atoms with Crippen LogP contribution in [0.4, 0.5) is 18.9 Å². The number of hydrogen-bond acceptors (Lipinski definition) is 5. The molecule has 1 aliphatic heterocycles. The number of aromatic nitrogens is 2. The largest absolute Gasteiger partial charge is 0.495 e. The maximum absolute atomic E-state index is 13.6. The molecule has 0 bridgehead atoms. The molecule has 1 aromatic heterocycles. The Morgan fingerprint density at radius 1 is 1.14 bits per heavy atom. The summed E-state index contributed by atoms with van der Waals surface area (Å²) in [6, 6.07) is 9.81. The number of hydrogen-bond donors (Lipinski definition) is 1. The fourth-order valence-electron chi connectivity index (χ4n) is 4.41. The first-order valence-electron chi connectivity index (χ1n) is 11.2. The fraction of sp³-hybridized carbons (Fsp3) is 0.417. The van der Waals surface area contributed by atoms with Crippen molar-refractivity contribution in [2.45, 2.75) is 25.6 Å². The highest BCUT2D eigenvalue weighted by atomic mass is 35.5. The van der Waals surface area contributed by atoms with E-state index in [9.17, 15) is 18.0 Å². The number of methoxy groups -OCH3 is 2. The van der Waals surface area contributed by atoms with Gasteiger partial charge in [-0.25, -0.2) is 4.98 Å². The Hall–Kier alpha value is -2.98. The molecule has 3 aromatic rings. The lowest BCUT2D eigenvalue weighted by Crippen LogP contribution is -2.40. The number of anilines is 1. The summed E-state index contributed by atoms with van der Waals surface area (Å²) in [6.45, 7) is 1.59. The molecular weight excluding hydrogens is 485 g/mol. The molecule has 4 rings (SSSR count). The van der Waals surface area contributed by atoms with Crippen molar-refractivity contribution >= 4 is 34.2 Å². The molecule has 1 N–H and O–H groups in total. The number of piperidine rings is 1. The van der Waals surface area contributed by atoms with Crippen LogP contribution in [0.15, 0.2) is 36.4 Å². The van der Waals surface area contributed by atoms with Gasteiger partial charge in [0.15, 0.2) is 0 Å². The second-order valence-corrected chi connectivity index (χ2v) is 8.89. The third-order valence-electron chi connectivity index (χ3n) is 6.17. The third-order valence-corrected chi connectivity index (χ3v) is 6.47. The SMILES string of the molecule is COc1cc(OC)c(NC(=O)CN2CCC(Cn3c(C(F)(F)F)nc4ccccc43)CC2)cc1Cl. The number of likely N-dealkylation sites (tertiary alicyclic amines) is 1.